The predicted octanol–water partition coefficient (Wildman–Crippen LogP) is 3.91. The van der Waals surface area contributed by atoms with Crippen LogP contribution in [0.15, 0.2) is 47.5 Å². The lowest BCUT2D eigenvalue weighted by Gasteiger charge is -2.17. The van der Waals surface area contributed by atoms with Crippen LogP contribution in [0.5, 0.6) is 0 Å². The quantitative estimate of drug-likeness (QED) is 0.250. The number of carbonyl (C=O) groups is 2. The Kier molecular flexibility index (Phi) is 10.1. The van der Waals surface area contributed by atoms with Crippen molar-refractivity contribution in [2.45, 2.75) is 64.3 Å². The van der Waals surface area contributed by atoms with Crippen molar-refractivity contribution >= 4 is 34.5 Å². The Morgan fingerprint density at radius 1 is 1.13 bits per heavy atom. The average molecular weight is 558 g/mol. The molecule has 0 aliphatic heterocycles. The van der Waals surface area contributed by atoms with Crippen LogP contribution in [0.3, 0.4) is 0 Å². The van der Waals surface area contributed by atoms with Crippen molar-refractivity contribution in [2.24, 2.45) is 5.92 Å². The van der Waals surface area contributed by atoms with Crippen molar-refractivity contribution < 1.29 is 18.0 Å². The van der Waals surface area contributed by atoms with Crippen LogP contribution in [0.4, 0.5) is 0 Å². The molecule has 1 atom stereocenters. The van der Waals surface area contributed by atoms with Gasteiger partial charge >= 0.3 is 0 Å². The van der Waals surface area contributed by atoms with E-state index in [0.29, 0.717) is 29.3 Å². The van der Waals surface area contributed by atoms with E-state index in [0.717, 1.165) is 43.1 Å². The Hall–Kier alpha value is -3.18. The molecule has 0 radical (unpaired) electrons. The summed E-state index contributed by atoms with van der Waals surface area (Å²) in [4.78, 5) is 36.5. The summed E-state index contributed by atoms with van der Waals surface area (Å²) in [5, 5.41) is 3.02. The molecule has 9 nitrogen and oxygen atoms in total. The molecule has 2 amide bonds. The molecular formula is C27H35N5O4S2. The molecule has 2 aromatic heterocycles. The molecule has 38 heavy (non-hydrogen) atoms. The van der Waals surface area contributed by atoms with Gasteiger partial charge in [0.2, 0.25) is 5.91 Å². The minimum atomic E-state index is -4.03. The molecule has 3 rings (SSSR count). The molecule has 1 aromatic carbocycles. The molecule has 3 aromatic rings. The summed E-state index contributed by atoms with van der Waals surface area (Å²) < 4.78 is 27.3. The highest BCUT2D eigenvalue weighted by Crippen LogP contribution is 2.26. The number of aromatic amines is 1. The lowest BCUT2D eigenvalue weighted by atomic mass is 10.1. The second-order valence-corrected chi connectivity index (χ2v) is 11.6. The van der Waals surface area contributed by atoms with Crippen LogP contribution in [0.1, 0.15) is 68.1 Å². The van der Waals surface area contributed by atoms with E-state index >= 15 is 0 Å². The Bertz CT molecular complexity index is 1370. The molecule has 11 heteroatoms. The van der Waals surface area contributed by atoms with Crippen molar-refractivity contribution in [3.05, 3.63) is 65.4 Å². The first kappa shape index (κ1) is 29.4. The zero-order chi connectivity index (χ0) is 27.9. The minimum Gasteiger partial charge on any atom is -0.346 e. The molecule has 0 spiro atoms. The Balaban J connectivity index is 1.83. The predicted molar refractivity (Wildman–Crippen MR) is 151 cm³/mol. The van der Waals surface area contributed by atoms with Crippen molar-refractivity contribution in [2.75, 3.05) is 5.75 Å². The number of hydrogen-bond acceptors (Lipinski definition) is 7. The molecule has 0 saturated carbocycles. The third kappa shape index (κ3) is 7.67. The summed E-state index contributed by atoms with van der Waals surface area (Å²) in [6.45, 7) is 7.41. The maximum Gasteiger partial charge on any atom is 0.287 e. The van der Waals surface area contributed by atoms with E-state index in [2.05, 4.69) is 53.7 Å². The fourth-order valence-electron chi connectivity index (χ4n) is 4.19. The largest absolute Gasteiger partial charge is 0.346 e. The molecule has 1 unspecified atom stereocenters. The molecular weight excluding hydrogens is 522 g/mol. The molecule has 0 saturated heterocycles. The third-order valence-electron chi connectivity index (χ3n) is 5.81. The van der Waals surface area contributed by atoms with E-state index in [1.165, 1.54) is 6.07 Å². The molecule has 2 heterocycles. The van der Waals surface area contributed by atoms with Gasteiger partial charge in [0, 0.05) is 42.6 Å². The summed E-state index contributed by atoms with van der Waals surface area (Å²) in [7, 11) is -4.03. The normalized spacial score (nSPS) is 12.4. The van der Waals surface area contributed by atoms with Crippen molar-refractivity contribution in [1.29, 1.82) is 0 Å². The van der Waals surface area contributed by atoms with Gasteiger partial charge < -0.3 is 10.3 Å². The van der Waals surface area contributed by atoms with E-state index in [9.17, 15) is 18.0 Å². The zero-order valence-electron chi connectivity index (χ0n) is 22.1. The van der Waals surface area contributed by atoms with E-state index in [-0.39, 0.29) is 22.7 Å². The number of nitrogens with one attached hydrogen (secondary N) is 3. The smallest absolute Gasteiger partial charge is 0.287 e. The van der Waals surface area contributed by atoms with Crippen LogP contribution in [-0.2, 0) is 27.7 Å². The number of pyridine rings is 1. The summed E-state index contributed by atoms with van der Waals surface area (Å²) >= 11 is 4.37. The number of nitrogens with zero attached hydrogens (tertiary/aromatic N) is 2. The standard InChI is InChI=1S/C27H35N5O4S2/c1-5-8-23-24(31-26(30-23)27(34)29-20(16-37)13-17(2)3)14-19-11-12-22(28-15-19)21-9-6-7-10-25(21)38(35,36)32-18(4)33/h6-7,9-12,15,17,20,37H,5,8,13-14,16H2,1-4H3,(H,29,34)(H,30,31)(H,32,33). The Morgan fingerprint density at radius 2 is 1.87 bits per heavy atom. The van der Waals surface area contributed by atoms with Crippen molar-refractivity contribution in [3.8, 4) is 11.3 Å². The highest BCUT2D eigenvalue weighted by Gasteiger charge is 2.22. The third-order valence-corrected chi connectivity index (χ3v) is 7.75. The number of carbonyl (C=O) groups excluding carboxylic acids is 2. The fourth-order valence-corrected chi connectivity index (χ4v) is 5.64. The van der Waals surface area contributed by atoms with Crippen LogP contribution in [0.2, 0.25) is 0 Å². The number of imidazole rings is 1. The summed E-state index contributed by atoms with van der Waals surface area (Å²) in [5.74, 6) is 0.342. The van der Waals surface area contributed by atoms with E-state index in [1.807, 2.05) is 10.8 Å². The fraction of sp³-hybridized carbons (Fsp3) is 0.407. The summed E-state index contributed by atoms with van der Waals surface area (Å²) in [5.41, 5.74) is 3.39. The van der Waals surface area contributed by atoms with Crippen LogP contribution >= 0.6 is 12.6 Å². The highest BCUT2D eigenvalue weighted by molar-refractivity contribution is 7.90. The first-order valence-corrected chi connectivity index (χ1v) is 14.7. The topological polar surface area (TPSA) is 134 Å². The highest BCUT2D eigenvalue weighted by atomic mass is 32.2. The number of hydrogen-bond donors (Lipinski definition) is 4. The number of aromatic nitrogens is 3. The van der Waals surface area contributed by atoms with Gasteiger partial charge in [-0.15, -0.1) is 0 Å². The maximum absolute atomic E-state index is 12.9. The van der Waals surface area contributed by atoms with E-state index < -0.39 is 15.9 Å². The molecule has 0 aliphatic rings. The number of thiol groups is 1. The van der Waals surface area contributed by atoms with E-state index in [4.69, 9.17) is 0 Å². The van der Waals surface area contributed by atoms with Gasteiger partial charge in [0.15, 0.2) is 5.82 Å². The SMILES string of the molecule is CCCc1nc(C(=O)NC(CS)CC(C)C)[nH]c1Cc1ccc(-c2ccccc2S(=O)(=O)NC(C)=O)nc1. The van der Waals surface area contributed by atoms with Gasteiger partial charge in [-0.1, -0.05) is 51.5 Å². The van der Waals surface area contributed by atoms with Gasteiger partial charge in [0.05, 0.1) is 16.3 Å². The molecule has 204 valence electrons. The zero-order valence-corrected chi connectivity index (χ0v) is 23.8. The Morgan fingerprint density at radius 3 is 2.47 bits per heavy atom. The first-order valence-electron chi connectivity index (χ1n) is 12.6. The van der Waals surface area contributed by atoms with Crippen LogP contribution < -0.4 is 10.0 Å². The first-order chi connectivity index (χ1) is 18.0. The van der Waals surface area contributed by atoms with Crippen LogP contribution in [0, 0.1) is 5.92 Å². The lowest BCUT2D eigenvalue weighted by molar-refractivity contribution is -0.117. The monoisotopic (exact) mass is 557 g/mol. The average Bonchev–Trinajstić information content (AvgIpc) is 3.25. The maximum atomic E-state index is 12.9. The number of H-pyrrole nitrogens is 1. The number of benzene rings is 1. The minimum absolute atomic E-state index is 0.0260. The van der Waals surface area contributed by atoms with Crippen LogP contribution in [-0.4, -0.2) is 47.0 Å². The number of sulfonamides is 1. The number of amides is 2. The summed E-state index contributed by atoms with van der Waals surface area (Å²) in [6, 6.07) is 9.95. The van der Waals surface area contributed by atoms with Gasteiger partial charge in [-0.2, -0.15) is 12.6 Å². The summed E-state index contributed by atoms with van der Waals surface area (Å²) in [6.07, 6.45) is 4.59. The molecule has 0 fully saturated rings. The van der Waals surface area contributed by atoms with Crippen molar-refractivity contribution in [1.82, 2.24) is 25.0 Å². The lowest BCUT2D eigenvalue weighted by Crippen LogP contribution is -2.37. The van der Waals surface area contributed by atoms with Crippen molar-refractivity contribution in [3.63, 3.8) is 0 Å². The van der Waals surface area contributed by atoms with Gasteiger partial charge in [-0.25, -0.2) is 18.1 Å². The second-order valence-electron chi connectivity index (χ2n) is 9.63. The second kappa shape index (κ2) is 13.1. The van der Waals surface area contributed by atoms with Gasteiger partial charge in [0.1, 0.15) is 0 Å². The van der Waals surface area contributed by atoms with Gasteiger partial charge in [0.25, 0.3) is 15.9 Å². The number of aryl methyl sites for hydroxylation is 1. The molecule has 0 bridgehead atoms. The van der Waals surface area contributed by atoms with E-state index in [1.54, 1.807) is 30.5 Å². The Labute approximate surface area is 229 Å². The van der Waals surface area contributed by atoms with Gasteiger partial charge in [-0.3, -0.25) is 14.6 Å². The molecule has 0 aliphatic carbocycles. The molecule has 3 N–H and O–H groups in total. The van der Waals surface area contributed by atoms with Gasteiger partial charge in [-0.05, 0) is 36.5 Å². The van der Waals surface area contributed by atoms with Crippen LogP contribution in [0.25, 0.3) is 11.3 Å². The number of rotatable bonds is 12.